The Morgan fingerprint density at radius 1 is 1.52 bits per heavy atom. The standard InChI is InChI=1S/C16H23N3O2/c1-2-21-11-14-7-8-18-12-17-9-15(18)10-19(14)16(20)13-5-3-4-6-13/h5,9,12,14H,2-4,6-8,10-11H2,1H3/t14-/m1/s1. The van der Waals surface area contributed by atoms with Gasteiger partial charge in [-0.2, -0.15) is 0 Å². The molecule has 2 heterocycles. The summed E-state index contributed by atoms with van der Waals surface area (Å²) >= 11 is 0. The molecule has 0 unspecified atom stereocenters. The largest absolute Gasteiger partial charge is 0.380 e. The van der Waals surface area contributed by atoms with Gasteiger partial charge in [0, 0.05) is 24.9 Å². The Morgan fingerprint density at radius 3 is 3.19 bits per heavy atom. The minimum Gasteiger partial charge on any atom is -0.380 e. The number of aryl methyl sites for hydroxylation is 1. The summed E-state index contributed by atoms with van der Waals surface area (Å²) in [6.45, 7) is 4.84. The predicted molar refractivity (Wildman–Crippen MR) is 79.6 cm³/mol. The molecule has 1 aromatic heterocycles. The summed E-state index contributed by atoms with van der Waals surface area (Å²) in [7, 11) is 0. The Labute approximate surface area is 125 Å². The molecule has 1 aliphatic carbocycles. The lowest BCUT2D eigenvalue weighted by molar-refractivity contribution is -0.131. The maximum atomic E-state index is 12.8. The second-order valence-electron chi connectivity index (χ2n) is 5.73. The molecule has 5 nitrogen and oxygen atoms in total. The van der Waals surface area contributed by atoms with Crippen molar-refractivity contribution in [3.05, 3.63) is 29.9 Å². The molecule has 3 rings (SSSR count). The summed E-state index contributed by atoms with van der Waals surface area (Å²) in [4.78, 5) is 19.0. The smallest absolute Gasteiger partial charge is 0.250 e. The van der Waals surface area contributed by atoms with Crippen molar-refractivity contribution in [1.82, 2.24) is 14.5 Å². The number of hydrogen-bond donors (Lipinski definition) is 0. The third-order valence-corrected chi connectivity index (χ3v) is 4.37. The third-order valence-electron chi connectivity index (χ3n) is 4.37. The van der Waals surface area contributed by atoms with Crippen molar-refractivity contribution in [2.45, 2.75) is 51.7 Å². The van der Waals surface area contributed by atoms with Gasteiger partial charge in [0.25, 0.3) is 0 Å². The third kappa shape index (κ3) is 3.02. The maximum absolute atomic E-state index is 12.8. The number of allylic oxidation sites excluding steroid dienone is 1. The molecule has 1 aliphatic heterocycles. The van der Waals surface area contributed by atoms with Crippen LogP contribution in [0.25, 0.3) is 0 Å². The Hall–Kier alpha value is -1.62. The maximum Gasteiger partial charge on any atom is 0.250 e. The number of ether oxygens (including phenoxy) is 1. The van der Waals surface area contributed by atoms with E-state index in [1.54, 1.807) is 0 Å². The lowest BCUT2D eigenvalue weighted by Crippen LogP contribution is -2.42. The van der Waals surface area contributed by atoms with Crippen LogP contribution in [0, 0.1) is 0 Å². The summed E-state index contributed by atoms with van der Waals surface area (Å²) in [5, 5.41) is 0. The number of fused-ring (bicyclic) bond motifs is 1. The number of carbonyl (C=O) groups is 1. The topological polar surface area (TPSA) is 47.4 Å². The van der Waals surface area contributed by atoms with Crippen molar-refractivity contribution in [3.63, 3.8) is 0 Å². The Balaban J connectivity index is 1.81. The summed E-state index contributed by atoms with van der Waals surface area (Å²) in [5.41, 5.74) is 2.09. The van der Waals surface area contributed by atoms with E-state index in [4.69, 9.17) is 4.74 Å². The van der Waals surface area contributed by atoms with Crippen molar-refractivity contribution in [3.8, 4) is 0 Å². The molecule has 0 spiro atoms. The van der Waals surface area contributed by atoms with Crippen LogP contribution in [-0.2, 0) is 22.6 Å². The van der Waals surface area contributed by atoms with Gasteiger partial charge in [-0.15, -0.1) is 0 Å². The van der Waals surface area contributed by atoms with E-state index in [0.29, 0.717) is 19.8 Å². The highest BCUT2D eigenvalue weighted by atomic mass is 16.5. The number of amides is 1. The van der Waals surface area contributed by atoms with E-state index in [0.717, 1.165) is 43.5 Å². The van der Waals surface area contributed by atoms with E-state index in [1.165, 1.54) is 0 Å². The molecule has 21 heavy (non-hydrogen) atoms. The number of rotatable bonds is 4. The zero-order chi connectivity index (χ0) is 14.7. The van der Waals surface area contributed by atoms with Gasteiger partial charge in [0.15, 0.2) is 0 Å². The molecule has 0 radical (unpaired) electrons. The van der Waals surface area contributed by atoms with Gasteiger partial charge < -0.3 is 14.2 Å². The van der Waals surface area contributed by atoms with Crippen LogP contribution in [0.2, 0.25) is 0 Å². The van der Waals surface area contributed by atoms with Gasteiger partial charge in [-0.1, -0.05) is 6.08 Å². The van der Waals surface area contributed by atoms with E-state index in [-0.39, 0.29) is 11.9 Å². The summed E-state index contributed by atoms with van der Waals surface area (Å²) in [6, 6.07) is 0.152. The van der Waals surface area contributed by atoms with E-state index >= 15 is 0 Å². The summed E-state index contributed by atoms with van der Waals surface area (Å²) < 4.78 is 7.76. The molecule has 0 bridgehead atoms. The van der Waals surface area contributed by atoms with Crippen LogP contribution in [-0.4, -0.2) is 39.6 Å². The number of aromatic nitrogens is 2. The van der Waals surface area contributed by atoms with Crippen LogP contribution < -0.4 is 0 Å². The monoisotopic (exact) mass is 289 g/mol. The minimum absolute atomic E-state index is 0.152. The van der Waals surface area contributed by atoms with Gasteiger partial charge in [-0.25, -0.2) is 4.98 Å². The van der Waals surface area contributed by atoms with Gasteiger partial charge >= 0.3 is 0 Å². The van der Waals surface area contributed by atoms with Gasteiger partial charge in [0.1, 0.15) is 0 Å². The fourth-order valence-electron chi connectivity index (χ4n) is 3.14. The molecule has 2 aliphatic rings. The molecule has 114 valence electrons. The van der Waals surface area contributed by atoms with Crippen LogP contribution in [0.5, 0.6) is 0 Å². The number of hydrogen-bond acceptors (Lipinski definition) is 3. The van der Waals surface area contributed by atoms with Crippen LogP contribution in [0.15, 0.2) is 24.2 Å². The van der Waals surface area contributed by atoms with E-state index < -0.39 is 0 Å². The van der Waals surface area contributed by atoms with E-state index in [2.05, 4.69) is 15.6 Å². The minimum atomic E-state index is 0.152. The first kappa shape index (κ1) is 14.3. The molecule has 0 fully saturated rings. The lowest BCUT2D eigenvalue weighted by Gasteiger charge is -2.30. The van der Waals surface area contributed by atoms with Crippen molar-refractivity contribution < 1.29 is 9.53 Å². The molecule has 0 aromatic carbocycles. The highest BCUT2D eigenvalue weighted by molar-refractivity contribution is 5.94. The Bertz CT molecular complexity index is 535. The molecule has 0 N–H and O–H groups in total. The zero-order valence-electron chi connectivity index (χ0n) is 12.6. The van der Waals surface area contributed by atoms with Crippen LogP contribution in [0.4, 0.5) is 0 Å². The van der Waals surface area contributed by atoms with Gasteiger partial charge in [-0.3, -0.25) is 4.79 Å². The van der Waals surface area contributed by atoms with Crippen LogP contribution >= 0.6 is 0 Å². The molecule has 0 saturated heterocycles. The van der Waals surface area contributed by atoms with Crippen LogP contribution in [0.1, 0.15) is 38.3 Å². The average Bonchev–Trinajstić information content (AvgIpc) is 3.14. The molecule has 5 heteroatoms. The summed E-state index contributed by atoms with van der Waals surface area (Å²) in [5.74, 6) is 0.187. The Kier molecular flexibility index (Phi) is 4.39. The molecule has 1 atom stereocenters. The first-order valence-corrected chi connectivity index (χ1v) is 7.86. The second kappa shape index (κ2) is 6.43. The number of carbonyl (C=O) groups excluding carboxylic acids is 1. The second-order valence-corrected chi connectivity index (χ2v) is 5.73. The van der Waals surface area contributed by atoms with Crippen LogP contribution in [0.3, 0.4) is 0 Å². The molecule has 1 aromatic rings. The van der Waals surface area contributed by atoms with E-state index in [9.17, 15) is 4.79 Å². The highest BCUT2D eigenvalue weighted by Gasteiger charge is 2.30. The molecule has 1 amide bonds. The molecule has 0 saturated carbocycles. The quantitative estimate of drug-likeness (QED) is 0.853. The highest BCUT2D eigenvalue weighted by Crippen LogP contribution is 2.25. The van der Waals surface area contributed by atoms with Crippen molar-refractivity contribution >= 4 is 5.91 Å². The lowest BCUT2D eigenvalue weighted by atomic mass is 10.1. The summed E-state index contributed by atoms with van der Waals surface area (Å²) in [6.07, 6.45) is 9.79. The van der Waals surface area contributed by atoms with Gasteiger partial charge in [-0.05, 0) is 32.6 Å². The van der Waals surface area contributed by atoms with E-state index in [1.807, 2.05) is 24.3 Å². The number of nitrogens with zero attached hydrogens (tertiary/aromatic N) is 3. The van der Waals surface area contributed by atoms with Gasteiger partial charge in [0.05, 0.1) is 31.2 Å². The number of imidazole rings is 1. The molecular formula is C16H23N3O2. The first-order chi connectivity index (χ1) is 10.3. The SMILES string of the molecule is CCOC[C@H]1CCn2cncc2CN1C(=O)C1=CCCC1. The van der Waals surface area contributed by atoms with Crippen molar-refractivity contribution in [1.29, 1.82) is 0 Å². The molecular weight excluding hydrogens is 266 g/mol. The fourth-order valence-corrected chi connectivity index (χ4v) is 3.14. The predicted octanol–water partition coefficient (Wildman–Crippen LogP) is 2.13. The average molecular weight is 289 g/mol. The first-order valence-electron chi connectivity index (χ1n) is 7.86. The van der Waals surface area contributed by atoms with Crippen molar-refractivity contribution in [2.24, 2.45) is 0 Å². The Morgan fingerprint density at radius 2 is 2.43 bits per heavy atom. The van der Waals surface area contributed by atoms with Crippen molar-refractivity contribution in [2.75, 3.05) is 13.2 Å². The fraction of sp³-hybridized carbons (Fsp3) is 0.625. The normalized spacial score (nSPS) is 21.9. The van der Waals surface area contributed by atoms with Gasteiger partial charge in [0.2, 0.25) is 5.91 Å². The zero-order valence-corrected chi connectivity index (χ0v) is 12.6.